The van der Waals surface area contributed by atoms with Crippen LogP contribution >= 0.6 is 0 Å². The molecule has 1 heterocycles. The van der Waals surface area contributed by atoms with Crippen molar-refractivity contribution in [2.45, 2.75) is 44.9 Å². The summed E-state index contributed by atoms with van der Waals surface area (Å²) >= 11 is 0. The van der Waals surface area contributed by atoms with Gasteiger partial charge in [0.05, 0.1) is 11.6 Å². The van der Waals surface area contributed by atoms with E-state index >= 15 is 0 Å². The highest BCUT2D eigenvalue weighted by Gasteiger charge is 2.36. The van der Waals surface area contributed by atoms with Crippen LogP contribution in [-0.4, -0.2) is 10.8 Å². The van der Waals surface area contributed by atoms with Crippen molar-refractivity contribution < 1.29 is 4.79 Å². The normalized spacial score (nSPS) is 31.5. The first-order valence-corrected chi connectivity index (χ1v) is 6.73. The fourth-order valence-electron chi connectivity index (χ4n) is 3.44. The second-order valence-electron chi connectivity index (χ2n) is 5.66. The van der Waals surface area contributed by atoms with E-state index in [1.807, 2.05) is 12.3 Å². The van der Waals surface area contributed by atoms with Crippen LogP contribution < -0.4 is 0 Å². The van der Waals surface area contributed by atoms with E-state index in [0.717, 1.165) is 37.3 Å². The summed E-state index contributed by atoms with van der Waals surface area (Å²) in [4.78, 5) is 16.9. The number of fused-ring (bicyclic) bond motifs is 1. The lowest BCUT2D eigenvalue weighted by atomic mass is 9.89. The molecule has 1 aromatic rings. The number of Topliss-reactive ketones (excluding diaryl/α,β-unsaturated/α-hetero) is 1. The van der Waals surface area contributed by atoms with Gasteiger partial charge in [-0.2, -0.15) is 0 Å². The zero-order chi connectivity index (χ0) is 11.8. The van der Waals surface area contributed by atoms with Crippen LogP contribution in [0.15, 0.2) is 18.3 Å². The summed E-state index contributed by atoms with van der Waals surface area (Å²) in [5, 5.41) is 0. The Balaban J connectivity index is 1.80. The number of hydrogen-bond acceptors (Lipinski definition) is 2. The minimum Gasteiger partial charge on any atom is -0.299 e. The smallest absolute Gasteiger partial charge is 0.145 e. The third-order valence-electron chi connectivity index (χ3n) is 4.40. The SMILES string of the molecule is CC1CCC(C(=O)C2CCc3cccnc32)C1. The molecule has 90 valence electrons. The predicted octanol–water partition coefficient (Wildman–Crippen LogP) is 3.12. The maximum absolute atomic E-state index is 12.5. The van der Waals surface area contributed by atoms with Crippen LogP contribution in [0.2, 0.25) is 0 Å². The standard InChI is InChI=1S/C15H19NO/c1-10-4-5-12(9-10)15(17)13-7-6-11-3-2-8-16-14(11)13/h2-3,8,10,12-13H,4-7,9H2,1H3. The average molecular weight is 229 g/mol. The van der Waals surface area contributed by atoms with Crippen molar-refractivity contribution in [2.75, 3.05) is 0 Å². The van der Waals surface area contributed by atoms with Crippen LogP contribution in [0.4, 0.5) is 0 Å². The maximum atomic E-state index is 12.5. The third kappa shape index (κ3) is 1.90. The van der Waals surface area contributed by atoms with Gasteiger partial charge in [0.2, 0.25) is 0 Å². The molecule has 0 bridgehead atoms. The zero-order valence-electron chi connectivity index (χ0n) is 10.4. The first kappa shape index (κ1) is 10.9. The highest BCUT2D eigenvalue weighted by Crippen LogP contribution is 2.39. The molecule has 1 aromatic heterocycles. The first-order chi connectivity index (χ1) is 8.25. The van der Waals surface area contributed by atoms with Crippen molar-refractivity contribution in [3.63, 3.8) is 0 Å². The first-order valence-electron chi connectivity index (χ1n) is 6.73. The number of aryl methyl sites for hydroxylation is 1. The van der Waals surface area contributed by atoms with Crippen molar-refractivity contribution in [1.82, 2.24) is 4.98 Å². The minimum absolute atomic E-state index is 0.0986. The molecule has 0 aromatic carbocycles. The number of rotatable bonds is 2. The molecular weight excluding hydrogens is 210 g/mol. The molecule has 2 nitrogen and oxygen atoms in total. The van der Waals surface area contributed by atoms with Crippen molar-refractivity contribution in [3.05, 3.63) is 29.6 Å². The molecule has 0 N–H and O–H groups in total. The Morgan fingerprint density at radius 1 is 1.35 bits per heavy atom. The number of ketones is 1. The molecule has 3 atom stereocenters. The fourth-order valence-corrected chi connectivity index (χ4v) is 3.44. The quantitative estimate of drug-likeness (QED) is 0.780. The van der Waals surface area contributed by atoms with Crippen molar-refractivity contribution in [1.29, 1.82) is 0 Å². The van der Waals surface area contributed by atoms with E-state index < -0.39 is 0 Å². The van der Waals surface area contributed by atoms with Crippen LogP contribution in [0.3, 0.4) is 0 Å². The largest absolute Gasteiger partial charge is 0.299 e. The Labute approximate surface area is 102 Å². The maximum Gasteiger partial charge on any atom is 0.145 e. The van der Waals surface area contributed by atoms with E-state index in [0.29, 0.717) is 11.7 Å². The van der Waals surface area contributed by atoms with Gasteiger partial charge in [0.1, 0.15) is 5.78 Å². The Hall–Kier alpha value is -1.18. The van der Waals surface area contributed by atoms with E-state index in [4.69, 9.17) is 0 Å². The summed E-state index contributed by atoms with van der Waals surface area (Å²) in [6.07, 6.45) is 7.24. The van der Waals surface area contributed by atoms with E-state index in [2.05, 4.69) is 18.0 Å². The van der Waals surface area contributed by atoms with Gasteiger partial charge in [0, 0.05) is 12.1 Å². The molecular formula is C15H19NO. The van der Waals surface area contributed by atoms with E-state index in [1.54, 1.807) is 0 Å². The van der Waals surface area contributed by atoms with Gasteiger partial charge in [-0.15, -0.1) is 0 Å². The third-order valence-corrected chi connectivity index (χ3v) is 4.40. The highest BCUT2D eigenvalue weighted by molar-refractivity contribution is 5.88. The van der Waals surface area contributed by atoms with Crippen LogP contribution in [0, 0.1) is 11.8 Å². The van der Waals surface area contributed by atoms with Crippen LogP contribution in [0.25, 0.3) is 0 Å². The zero-order valence-corrected chi connectivity index (χ0v) is 10.4. The van der Waals surface area contributed by atoms with Gasteiger partial charge >= 0.3 is 0 Å². The molecule has 0 saturated heterocycles. The van der Waals surface area contributed by atoms with Crippen molar-refractivity contribution in [2.24, 2.45) is 11.8 Å². The molecule has 1 fully saturated rings. The number of carbonyl (C=O) groups excluding carboxylic acids is 1. The molecule has 2 aliphatic rings. The van der Waals surface area contributed by atoms with Crippen molar-refractivity contribution in [3.8, 4) is 0 Å². The minimum atomic E-state index is 0.0986. The van der Waals surface area contributed by atoms with Gasteiger partial charge in [-0.05, 0) is 49.7 Å². The Morgan fingerprint density at radius 3 is 3.00 bits per heavy atom. The molecule has 0 radical (unpaired) electrons. The highest BCUT2D eigenvalue weighted by atomic mass is 16.1. The molecule has 17 heavy (non-hydrogen) atoms. The number of pyridine rings is 1. The summed E-state index contributed by atoms with van der Waals surface area (Å²) < 4.78 is 0. The lowest BCUT2D eigenvalue weighted by Crippen LogP contribution is -2.19. The van der Waals surface area contributed by atoms with Gasteiger partial charge in [0.25, 0.3) is 0 Å². The second kappa shape index (κ2) is 4.25. The number of nitrogens with zero attached hydrogens (tertiary/aromatic N) is 1. The molecule has 3 unspecified atom stereocenters. The Bertz CT molecular complexity index is 440. The lowest BCUT2D eigenvalue weighted by Gasteiger charge is -2.14. The lowest BCUT2D eigenvalue weighted by molar-refractivity contribution is -0.124. The summed E-state index contributed by atoms with van der Waals surface area (Å²) in [7, 11) is 0. The van der Waals surface area contributed by atoms with E-state index in [9.17, 15) is 4.79 Å². The Morgan fingerprint density at radius 2 is 2.24 bits per heavy atom. The molecule has 0 aliphatic heterocycles. The van der Waals surface area contributed by atoms with Gasteiger partial charge in [0.15, 0.2) is 0 Å². The topological polar surface area (TPSA) is 30.0 Å². The monoisotopic (exact) mass is 229 g/mol. The van der Waals surface area contributed by atoms with E-state index in [1.165, 1.54) is 12.0 Å². The Kier molecular flexibility index (Phi) is 2.73. The van der Waals surface area contributed by atoms with Crippen LogP contribution in [0.5, 0.6) is 0 Å². The van der Waals surface area contributed by atoms with Crippen LogP contribution in [0.1, 0.15) is 49.8 Å². The number of hydrogen-bond donors (Lipinski definition) is 0. The van der Waals surface area contributed by atoms with Gasteiger partial charge < -0.3 is 0 Å². The van der Waals surface area contributed by atoms with Gasteiger partial charge in [-0.25, -0.2) is 0 Å². The number of carbonyl (C=O) groups is 1. The molecule has 0 amide bonds. The molecule has 0 spiro atoms. The number of aromatic nitrogens is 1. The molecule has 1 saturated carbocycles. The average Bonchev–Trinajstić information content (AvgIpc) is 2.94. The van der Waals surface area contributed by atoms with Crippen LogP contribution in [-0.2, 0) is 11.2 Å². The summed E-state index contributed by atoms with van der Waals surface area (Å²) in [5.74, 6) is 1.60. The molecule has 2 aliphatic carbocycles. The summed E-state index contributed by atoms with van der Waals surface area (Å²) in [6, 6.07) is 4.09. The van der Waals surface area contributed by atoms with Crippen molar-refractivity contribution >= 4 is 5.78 Å². The van der Waals surface area contributed by atoms with Gasteiger partial charge in [-0.3, -0.25) is 9.78 Å². The summed E-state index contributed by atoms with van der Waals surface area (Å²) in [6.45, 7) is 2.26. The van der Waals surface area contributed by atoms with Gasteiger partial charge in [-0.1, -0.05) is 13.0 Å². The predicted molar refractivity (Wildman–Crippen MR) is 66.8 cm³/mol. The fraction of sp³-hybridized carbons (Fsp3) is 0.600. The van der Waals surface area contributed by atoms with E-state index in [-0.39, 0.29) is 5.92 Å². The second-order valence-corrected chi connectivity index (χ2v) is 5.66. The molecule has 3 rings (SSSR count). The summed E-state index contributed by atoms with van der Waals surface area (Å²) in [5.41, 5.74) is 2.36. The molecule has 2 heteroatoms.